The van der Waals surface area contributed by atoms with Gasteiger partial charge < -0.3 is 19.7 Å². The van der Waals surface area contributed by atoms with Gasteiger partial charge in [0.2, 0.25) is 0 Å². The number of aromatic nitrogens is 1. The monoisotopic (exact) mass is 450 g/mol. The third-order valence-corrected chi connectivity index (χ3v) is 6.48. The van der Waals surface area contributed by atoms with E-state index in [9.17, 15) is 4.79 Å². The van der Waals surface area contributed by atoms with E-state index in [1.165, 1.54) is 5.56 Å². The van der Waals surface area contributed by atoms with Crippen molar-refractivity contribution >= 4 is 11.7 Å². The summed E-state index contributed by atoms with van der Waals surface area (Å²) >= 11 is 0. The van der Waals surface area contributed by atoms with Gasteiger partial charge in [-0.25, -0.2) is 4.79 Å². The highest BCUT2D eigenvalue weighted by Crippen LogP contribution is 2.37. The van der Waals surface area contributed by atoms with Crippen molar-refractivity contribution < 1.29 is 4.79 Å². The molecule has 1 aliphatic rings. The van der Waals surface area contributed by atoms with Crippen LogP contribution in [0.4, 0.5) is 10.5 Å². The van der Waals surface area contributed by atoms with Gasteiger partial charge in [0, 0.05) is 38.2 Å². The molecule has 0 fully saturated rings. The van der Waals surface area contributed by atoms with Crippen LogP contribution < -0.4 is 10.2 Å². The van der Waals surface area contributed by atoms with Gasteiger partial charge in [-0.3, -0.25) is 0 Å². The molecule has 0 unspecified atom stereocenters. The average molecular weight is 451 g/mol. The molecule has 1 aromatic heterocycles. The Bertz CT molecular complexity index is 1260. The highest BCUT2D eigenvalue weighted by atomic mass is 16.2. The van der Waals surface area contributed by atoms with Gasteiger partial charge in [-0.15, -0.1) is 0 Å². The smallest absolute Gasteiger partial charge is 0.318 e. The van der Waals surface area contributed by atoms with Crippen molar-refractivity contribution in [3.05, 3.63) is 120 Å². The van der Waals surface area contributed by atoms with Gasteiger partial charge in [0.25, 0.3) is 0 Å². The zero-order valence-electron chi connectivity index (χ0n) is 19.7. The Kier molecular flexibility index (Phi) is 6.09. The second-order valence-electron chi connectivity index (χ2n) is 8.92. The lowest BCUT2D eigenvalue weighted by Gasteiger charge is -2.31. The second-order valence-corrected chi connectivity index (χ2v) is 8.92. The van der Waals surface area contributed by atoms with Crippen LogP contribution in [0.3, 0.4) is 0 Å². The van der Waals surface area contributed by atoms with E-state index in [-0.39, 0.29) is 12.1 Å². The Balaban J connectivity index is 1.50. The normalized spacial score (nSPS) is 14.6. The standard InChI is InChI=1S/C29H30N4O/c1-31(2)25-16-14-23(15-17-25)28-27-13-8-20-32(27)26-12-7-6-11-24(26)21-33(28)29(34)30-19-18-22-9-4-3-5-10-22/h3-17,20,28H,18-19,21H2,1-2H3,(H,30,34)/t28-/m0/s1. The van der Waals surface area contributed by atoms with Crippen LogP contribution >= 0.6 is 0 Å². The van der Waals surface area contributed by atoms with Crippen LogP contribution in [0.2, 0.25) is 0 Å². The van der Waals surface area contributed by atoms with E-state index in [0.29, 0.717) is 13.1 Å². The molecule has 0 radical (unpaired) electrons. The van der Waals surface area contributed by atoms with Gasteiger partial charge in [0.1, 0.15) is 0 Å². The summed E-state index contributed by atoms with van der Waals surface area (Å²) in [5, 5.41) is 3.18. The molecule has 0 spiro atoms. The fourth-order valence-electron chi connectivity index (χ4n) is 4.70. The van der Waals surface area contributed by atoms with E-state index in [1.54, 1.807) is 0 Å². The summed E-state index contributed by atoms with van der Waals surface area (Å²) < 4.78 is 2.22. The molecule has 5 heteroatoms. The number of hydrogen-bond acceptors (Lipinski definition) is 2. The zero-order valence-corrected chi connectivity index (χ0v) is 19.7. The first-order valence-electron chi connectivity index (χ1n) is 11.7. The number of rotatable bonds is 5. The van der Waals surface area contributed by atoms with E-state index in [0.717, 1.165) is 34.6 Å². The quantitative estimate of drug-likeness (QED) is 0.442. The van der Waals surface area contributed by atoms with Crippen LogP contribution in [0.25, 0.3) is 5.69 Å². The zero-order chi connectivity index (χ0) is 23.5. The molecule has 2 amide bonds. The molecular weight excluding hydrogens is 420 g/mol. The van der Waals surface area contributed by atoms with Crippen molar-refractivity contribution in [2.45, 2.75) is 19.0 Å². The summed E-state index contributed by atoms with van der Waals surface area (Å²) in [4.78, 5) is 17.7. The molecule has 0 aliphatic carbocycles. The van der Waals surface area contributed by atoms with Crippen LogP contribution in [-0.2, 0) is 13.0 Å². The second kappa shape index (κ2) is 9.48. The fourth-order valence-corrected chi connectivity index (χ4v) is 4.70. The highest BCUT2D eigenvalue weighted by Gasteiger charge is 2.32. The third-order valence-electron chi connectivity index (χ3n) is 6.48. The number of hydrogen-bond donors (Lipinski definition) is 1. The number of anilines is 1. The summed E-state index contributed by atoms with van der Waals surface area (Å²) in [6, 6.07) is 31.0. The Hall–Kier alpha value is -3.99. The number of carbonyl (C=O) groups excluding carboxylic acids is 1. The number of nitrogens with zero attached hydrogens (tertiary/aromatic N) is 3. The molecule has 1 atom stereocenters. The van der Waals surface area contributed by atoms with Crippen molar-refractivity contribution in [3.63, 3.8) is 0 Å². The predicted molar refractivity (Wildman–Crippen MR) is 137 cm³/mol. The molecule has 5 nitrogen and oxygen atoms in total. The molecule has 0 bridgehead atoms. The molecule has 3 aromatic carbocycles. The van der Waals surface area contributed by atoms with Crippen molar-refractivity contribution in [2.75, 3.05) is 25.5 Å². The van der Waals surface area contributed by atoms with Gasteiger partial charge in [-0.05, 0) is 53.4 Å². The average Bonchev–Trinajstić information content (AvgIpc) is 3.29. The molecule has 1 aliphatic heterocycles. The highest BCUT2D eigenvalue weighted by molar-refractivity contribution is 5.76. The first-order valence-corrected chi connectivity index (χ1v) is 11.7. The van der Waals surface area contributed by atoms with E-state index >= 15 is 0 Å². The van der Waals surface area contributed by atoms with E-state index < -0.39 is 0 Å². The summed E-state index contributed by atoms with van der Waals surface area (Å²) in [5.74, 6) is 0. The Morgan fingerprint density at radius 1 is 0.912 bits per heavy atom. The Morgan fingerprint density at radius 3 is 2.41 bits per heavy atom. The van der Waals surface area contributed by atoms with Crippen LogP contribution in [0.5, 0.6) is 0 Å². The van der Waals surface area contributed by atoms with Crippen molar-refractivity contribution in [3.8, 4) is 5.69 Å². The number of carbonyl (C=O) groups is 1. The van der Waals surface area contributed by atoms with Crippen molar-refractivity contribution in [1.82, 2.24) is 14.8 Å². The van der Waals surface area contributed by atoms with Gasteiger partial charge in [-0.1, -0.05) is 60.7 Å². The minimum atomic E-state index is -0.199. The number of benzene rings is 3. The molecule has 0 saturated heterocycles. The maximum Gasteiger partial charge on any atom is 0.318 e. The molecule has 172 valence electrons. The van der Waals surface area contributed by atoms with Crippen LogP contribution in [-0.4, -0.2) is 36.1 Å². The number of fused-ring (bicyclic) bond motifs is 3. The van der Waals surface area contributed by atoms with E-state index in [1.807, 2.05) is 43.3 Å². The van der Waals surface area contributed by atoms with Gasteiger partial charge in [0.05, 0.1) is 18.3 Å². The summed E-state index contributed by atoms with van der Waals surface area (Å²) in [5.41, 5.74) is 6.78. The molecule has 1 N–H and O–H groups in total. The fraction of sp³-hybridized carbons (Fsp3) is 0.207. The lowest BCUT2D eigenvalue weighted by Crippen LogP contribution is -2.42. The van der Waals surface area contributed by atoms with Gasteiger partial charge in [-0.2, -0.15) is 0 Å². The van der Waals surface area contributed by atoms with Gasteiger partial charge in [0.15, 0.2) is 0 Å². The summed E-state index contributed by atoms with van der Waals surface area (Å²) in [6.45, 7) is 1.13. The van der Waals surface area contributed by atoms with Crippen LogP contribution in [0, 0.1) is 0 Å². The first-order chi connectivity index (χ1) is 16.6. The summed E-state index contributed by atoms with van der Waals surface area (Å²) in [6.07, 6.45) is 2.89. The maximum atomic E-state index is 13.6. The SMILES string of the molecule is CN(C)c1ccc([C@H]2c3cccn3-c3ccccc3CN2C(=O)NCCc2ccccc2)cc1. The third kappa shape index (κ3) is 4.29. The van der Waals surface area contributed by atoms with Crippen LogP contribution in [0.1, 0.15) is 28.4 Å². The number of nitrogens with one attached hydrogen (secondary N) is 1. The minimum absolute atomic E-state index is 0.0536. The lowest BCUT2D eigenvalue weighted by atomic mass is 10.0. The molecule has 5 rings (SSSR count). The number of amides is 2. The predicted octanol–water partition coefficient (Wildman–Crippen LogP) is 5.40. The first kappa shape index (κ1) is 21.8. The maximum absolute atomic E-state index is 13.6. The molecule has 34 heavy (non-hydrogen) atoms. The van der Waals surface area contributed by atoms with Crippen molar-refractivity contribution in [2.24, 2.45) is 0 Å². The van der Waals surface area contributed by atoms with Gasteiger partial charge >= 0.3 is 6.03 Å². The lowest BCUT2D eigenvalue weighted by molar-refractivity contribution is 0.181. The Labute approximate surface area is 201 Å². The van der Waals surface area contributed by atoms with Crippen molar-refractivity contribution in [1.29, 1.82) is 0 Å². The van der Waals surface area contributed by atoms with E-state index in [2.05, 4.69) is 87.7 Å². The topological polar surface area (TPSA) is 40.5 Å². The minimum Gasteiger partial charge on any atom is -0.378 e. The number of para-hydroxylation sites is 1. The van der Waals surface area contributed by atoms with Crippen LogP contribution in [0.15, 0.2) is 97.2 Å². The molecule has 0 saturated carbocycles. The molecule has 2 heterocycles. The molecule has 4 aromatic rings. The number of urea groups is 1. The molecular formula is C29H30N4O. The largest absolute Gasteiger partial charge is 0.378 e. The van der Waals surface area contributed by atoms with E-state index in [4.69, 9.17) is 0 Å². The summed E-state index contributed by atoms with van der Waals surface area (Å²) in [7, 11) is 4.07. The Morgan fingerprint density at radius 2 is 1.65 bits per heavy atom.